The molecule has 0 bridgehead atoms. The lowest BCUT2D eigenvalue weighted by molar-refractivity contribution is 0.161. The molecule has 2 N–H and O–H groups in total. The summed E-state index contributed by atoms with van der Waals surface area (Å²) < 4.78 is 0. The van der Waals surface area contributed by atoms with Crippen LogP contribution in [0.15, 0.2) is 0 Å². The van der Waals surface area contributed by atoms with Crippen LogP contribution in [0.25, 0.3) is 0 Å². The summed E-state index contributed by atoms with van der Waals surface area (Å²) in [7, 11) is 4.34. The van der Waals surface area contributed by atoms with E-state index in [1.165, 1.54) is 45.4 Å². The van der Waals surface area contributed by atoms with Gasteiger partial charge in [0.05, 0.1) is 4.99 Å². The fourth-order valence-corrected chi connectivity index (χ4v) is 2.69. The molecule has 1 aliphatic rings. The van der Waals surface area contributed by atoms with E-state index in [2.05, 4.69) is 23.9 Å². The number of hydrogen-bond donors (Lipinski definition) is 1. The molecule has 1 fully saturated rings. The van der Waals surface area contributed by atoms with Crippen LogP contribution < -0.4 is 5.73 Å². The Kier molecular flexibility index (Phi) is 7.00. The molecule has 1 aliphatic heterocycles. The van der Waals surface area contributed by atoms with E-state index in [4.69, 9.17) is 18.0 Å². The molecule has 0 unspecified atom stereocenters. The van der Waals surface area contributed by atoms with Gasteiger partial charge in [0.1, 0.15) is 0 Å². The molecule has 100 valence electrons. The number of unbranched alkanes of at least 4 members (excludes halogenated alkanes) is 1. The zero-order valence-electron chi connectivity index (χ0n) is 11.3. The lowest BCUT2D eigenvalue weighted by Crippen LogP contribution is -2.37. The van der Waals surface area contributed by atoms with E-state index in [9.17, 15) is 0 Å². The fourth-order valence-electron chi connectivity index (χ4n) is 2.54. The summed E-state index contributed by atoms with van der Waals surface area (Å²) in [5.41, 5.74) is 5.49. The summed E-state index contributed by atoms with van der Waals surface area (Å²) in [6.07, 6.45) is 6.00. The Morgan fingerprint density at radius 3 is 2.47 bits per heavy atom. The molecular formula is C13H27N3S. The van der Waals surface area contributed by atoms with Gasteiger partial charge in [-0.15, -0.1) is 0 Å². The summed E-state index contributed by atoms with van der Waals surface area (Å²) in [6.45, 7) is 5.00. The van der Waals surface area contributed by atoms with Gasteiger partial charge in [0.15, 0.2) is 0 Å². The minimum Gasteiger partial charge on any atom is -0.393 e. The lowest BCUT2D eigenvalue weighted by atomic mass is 9.96. The molecule has 4 heteroatoms. The zero-order chi connectivity index (χ0) is 12.7. The molecule has 3 nitrogen and oxygen atoms in total. The van der Waals surface area contributed by atoms with Crippen LogP contribution in [0.3, 0.4) is 0 Å². The maximum atomic E-state index is 5.49. The van der Waals surface area contributed by atoms with Crippen molar-refractivity contribution in [1.29, 1.82) is 0 Å². The third kappa shape index (κ3) is 6.96. The van der Waals surface area contributed by atoms with E-state index in [1.54, 1.807) is 0 Å². The second-order valence-corrected chi connectivity index (χ2v) is 6.00. The third-order valence-corrected chi connectivity index (χ3v) is 3.68. The van der Waals surface area contributed by atoms with Crippen LogP contribution in [-0.4, -0.2) is 55.1 Å². The lowest BCUT2D eigenvalue weighted by Gasteiger charge is -2.33. The maximum absolute atomic E-state index is 5.49. The molecule has 1 heterocycles. The maximum Gasteiger partial charge on any atom is 0.0727 e. The van der Waals surface area contributed by atoms with Gasteiger partial charge in [-0.25, -0.2) is 0 Å². The molecular weight excluding hydrogens is 230 g/mol. The van der Waals surface area contributed by atoms with Crippen molar-refractivity contribution in [2.75, 3.05) is 40.3 Å². The largest absolute Gasteiger partial charge is 0.393 e. The Labute approximate surface area is 111 Å². The molecule has 0 amide bonds. The summed E-state index contributed by atoms with van der Waals surface area (Å²) in [5.74, 6) is 0.901. The summed E-state index contributed by atoms with van der Waals surface area (Å²) in [6, 6.07) is 0. The number of rotatable bonds is 7. The number of hydrogen-bond acceptors (Lipinski definition) is 3. The number of likely N-dealkylation sites (tertiary alicyclic amines) is 1. The van der Waals surface area contributed by atoms with Gasteiger partial charge in [-0.1, -0.05) is 12.2 Å². The van der Waals surface area contributed by atoms with Crippen LogP contribution in [0.1, 0.15) is 32.1 Å². The second kappa shape index (κ2) is 8.01. The van der Waals surface area contributed by atoms with Crippen molar-refractivity contribution in [2.24, 2.45) is 11.7 Å². The molecule has 0 saturated carbocycles. The van der Waals surface area contributed by atoms with Crippen LogP contribution in [0, 0.1) is 5.92 Å². The van der Waals surface area contributed by atoms with Crippen LogP contribution in [0.4, 0.5) is 0 Å². The van der Waals surface area contributed by atoms with Gasteiger partial charge in [-0.05, 0) is 71.8 Å². The summed E-state index contributed by atoms with van der Waals surface area (Å²) in [4.78, 5) is 5.56. The smallest absolute Gasteiger partial charge is 0.0727 e. The van der Waals surface area contributed by atoms with Gasteiger partial charge in [0.2, 0.25) is 0 Å². The fraction of sp³-hybridized carbons (Fsp3) is 0.923. The van der Waals surface area contributed by atoms with Gasteiger partial charge >= 0.3 is 0 Å². The Hall–Kier alpha value is -0.190. The predicted octanol–water partition coefficient (Wildman–Crippen LogP) is 1.72. The third-order valence-electron chi connectivity index (χ3n) is 3.48. The Morgan fingerprint density at radius 1 is 1.29 bits per heavy atom. The molecule has 17 heavy (non-hydrogen) atoms. The molecule has 0 radical (unpaired) electrons. The van der Waals surface area contributed by atoms with Gasteiger partial charge in [-0.3, -0.25) is 0 Å². The highest BCUT2D eigenvalue weighted by Crippen LogP contribution is 2.18. The Morgan fingerprint density at radius 2 is 1.94 bits per heavy atom. The number of nitrogens with two attached hydrogens (primary N) is 1. The van der Waals surface area contributed by atoms with Crippen LogP contribution in [0.2, 0.25) is 0 Å². The monoisotopic (exact) mass is 257 g/mol. The highest BCUT2D eigenvalue weighted by Gasteiger charge is 2.18. The van der Waals surface area contributed by atoms with Crippen molar-refractivity contribution in [1.82, 2.24) is 9.80 Å². The minimum atomic E-state index is 0.662. The molecule has 0 aromatic carbocycles. The van der Waals surface area contributed by atoms with Crippen molar-refractivity contribution in [3.05, 3.63) is 0 Å². The van der Waals surface area contributed by atoms with E-state index in [1.807, 2.05) is 0 Å². The van der Waals surface area contributed by atoms with Crippen molar-refractivity contribution in [3.63, 3.8) is 0 Å². The topological polar surface area (TPSA) is 32.5 Å². The molecule has 1 saturated heterocycles. The average Bonchev–Trinajstić information content (AvgIpc) is 2.25. The van der Waals surface area contributed by atoms with Crippen molar-refractivity contribution < 1.29 is 0 Å². The number of piperidine rings is 1. The first-order chi connectivity index (χ1) is 8.08. The van der Waals surface area contributed by atoms with Crippen LogP contribution in [-0.2, 0) is 0 Å². The van der Waals surface area contributed by atoms with Gasteiger partial charge in [-0.2, -0.15) is 0 Å². The van der Waals surface area contributed by atoms with Gasteiger partial charge in [0, 0.05) is 6.54 Å². The minimum absolute atomic E-state index is 0.662. The highest BCUT2D eigenvalue weighted by atomic mass is 32.1. The molecule has 0 spiro atoms. The van der Waals surface area contributed by atoms with Gasteiger partial charge in [0.25, 0.3) is 0 Å². The van der Waals surface area contributed by atoms with Crippen LogP contribution >= 0.6 is 12.2 Å². The quantitative estimate of drug-likeness (QED) is 0.556. The van der Waals surface area contributed by atoms with Crippen molar-refractivity contribution in [3.8, 4) is 0 Å². The summed E-state index contributed by atoms with van der Waals surface area (Å²) >= 11 is 4.88. The number of thiocarbonyl (C=S) groups is 1. The Balaban J connectivity index is 2.04. The number of nitrogens with zero attached hydrogens (tertiary/aromatic N) is 2. The van der Waals surface area contributed by atoms with Crippen LogP contribution in [0.5, 0.6) is 0 Å². The first-order valence-electron chi connectivity index (χ1n) is 6.73. The second-order valence-electron chi connectivity index (χ2n) is 5.47. The molecule has 1 rings (SSSR count). The van der Waals surface area contributed by atoms with E-state index in [0.29, 0.717) is 4.99 Å². The van der Waals surface area contributed by atoms with E-state index in [0.717, 1.165) is 18.8 Å². The van der Waals surface area contributed by atoms with E-state index < -0.39 is 0 Å². The normalized spacial score (nSPS) is 18.8. The first-order valence-corrected chi connectivity index (χ1v) is 7.14. The molecule has 0 aromatic heterocycles. The zero-order valence-corrected chi connectivity index (χ0v) is 12.1. The Bertz CT molecular complexity index is 223. The van der Waals surface area contributed by atoms with Crippen molar-refractivity contribution >= 4 is 17.2 Å². The first kappa shape index (κ1) is 14.9. The molecule has 0 aliphatic carbocycles. The SMILES string of the molecule is CN(C)CC1CCN(CCCCC(N)=S)CC1. The highest BCUT2D eigenvalue weighted by molar-refractivity contribution is 7.80. The van der Waals surface area contributed by atoms with E-state index in [-0.39, 0.29) is 0 Å². The van der Waals surface area contributed by atoms with E-state index >= 15 is 0 Å². The molecule has 0 aromatic rings. The predicted molar refractivity (Wildman–Crippen MR) is 78.4 cm³/mol. The summed E-state index contributed by atoms with van der Waals surface area (Å²) in [5, 5.41) is 0. The van der Waals surface area contributed by atoms with Crippen molar-refractivity contribution in [2.45, 2.75) is 32.1 Å². The van der Waals surface area contributed by atoms with Gasteiger partial charge < -0.3 is 15.5 Å². The molecule has 0 atom stereocenters. The standard InChI is InChI=1S/C13H27N3S/c1-15(2)11-12-6-9-16(10-7-12)8-4-3-5-13(14)17/h12H,3-11H2,1-2H3,(H2,14,17). The average molecular weight is 257 g/mol.